The van der Waals surface area contributed by atoms with E-state index >= 15 is 0 Å². The van der Waals surface area contributed by atoms with Gasteiger partial charge in [-0.3, -0.25) is 0 Å². The topological polar surface area (TPSA) is 25.8 Å². The highest BCUT2D eigenvalue weighted by molar-refractivity contribution is 9.10. The van der Waals surface area contributed by atoms with Crippen LogP contribution in [0.5, 0.6) is 0 Å². The fourth-order valence-corrected chi connectivity index (χ4v) is 3.23. The van der Waals surface area contributed by atoms with Gasteiger partial charge in [0.05, 0.1) is 10.4 Å². The Bertz CT molecular complexity index is 739. The molecule has 90 valence electrons. The molecule has 0 aliphatic carbocycles. The van der Waals surface area contributed by atoms with Gasteiger partial charge in [-0.25, -0.2) is 9.97 Å². The van der Waals surface area contributed by atoms with Crippen LogP contribution in [0.1, 0.15) is 4.88 Å². The van der Waals surface area contributed by atoms with Crippen LogP contribution in [0.4, 0.5) is 0 Å². The zero-order chi connectivity index (χ0) is 12.7. The minimum atomic E-state index is 0.488. The van der Waals surface area contributed by atoms with Gasteiger partial charge in [-0.1, -0.05) is 17.7 Å². The molecule has 0 aliphatic heterocycles. The number of hydrogen-bond donors (Lipinski definition) is 0. The van der Waals surface area contributed by atoms with Gasteiger partial charge in [-0.05, 0) is 47.1 Å². The molecule has 0 aliphatic rings. The van der Waals surface area contributed by atoms with Crippen molar-refractivity contribution in [1.82, 2.24) is 9.97 Å². The summed E-state index contributed by atoms with van der Waals surface area (Å²) in [6.07, 6.45) is 0. The van der Waals surface area contributed by atoms with Crippen LogP contribution in [-0.4, -0.2) is 9.97 Å². The Labute approximate surface area is 122 Å². The molecular weight excluding hydrogens is 332 g/mol. The third-order valence-electron chi connectivity index (χ3n) is 2.59. The number of aryl methyl sites for hydroxylation is 1. The van der Waals surface area contributed by atoms with Crippen LogP contribution >= 0.6 is 38.9 Å². The first-order valence-corrected chi connectivity index (χ1v) is 7.32. The van der Waals surface area contributed by atoms with Gasteiger partial charge in [0.15, 0.2) is 5.82 Å². The van der Waals surface area contributed by atoms with E-state index in [1.165, 1.54) is 4.88 Å². The summed E-state index contributed by atoms with van der Waals surface area (Å²) in [5, 5.41) is 1.35. The van der Waals surface area contributed by atoms with Crippen LogP contribution in [0.25, 0.3) is 21.6 Å². The van der Waals surface area contributed by atoms with Crippen LogP contribution in [-0.2, 0) is 0 Å². The van der Waals surface area contributed by atoms with E-state index in [0.29, 0.717) is 11.0 Å². The summed E-state index contributed by atoms with van der Waals surface area (Å²) >= 11 is 11.4. The van der Waals surface area contributed by atoms with Crippen LogP contribution in [0.15, 0.2) is 34.8 Å². The van der Waals surface area contributed by atoms with E-state index in [2.05, 4.69) is 38.9 Å². The molecule has 0 atom stereocenters. The Balaban J connectivity index is 2.29. The average molecular weight is 340 g/mol. The number of fused-ring (bicyclic) bond motifs is 1. The van der Waals surface area contributed by atoms with Crippen molar-refractivity contribution in [1.29, 1.82) is 0 Å². The normalized spacial score (nSPS) is 11.1. The Morgan fingerprint density at radius 1 is 1.17 bits per heavy atom. The predicted octanol–water partition coefficient (Wildman–Crippen LogP) is 5.08. The van der Waals surface area contributed by atoms with E-state index in [4.69, 9.17) is 11.6 Å². The largest absolute Gasteiger partial charge is 0.226 e. The second kappa shape index (κ2) is 4.61. The number of halogens is 2. The third kappa shape index (κ3) is 2.05. The minimum Gasteiger partial charge on any atom is -0.226 e. The molecule has 0 N–H and O–H groups in total. The number of rotatable bonds is 1. The monoisotopic (exact) mass is 338 g/mol. The fraction of sp³-hybridized carbons (Fsp3) is 0.0769. The van der Waals surface area contributed by atoms with Crippen molar-refractivity contribution in [2.75, 3.05) is 0 Å². The van der Waals surface area contributed by atoms with Crippen LogP contribution in [0, 0.1) is 6.92 Å². The lowest BCUT2D eigenvalue weighted by Crippen LogP contribution is -1.90. The van der Waals surface area contributed by atoms with Crippen molar-refractivity contribution in [3.8, 4) is 10.7 Å². The molecule has 2 heterocycles. The van der Waals surface area contributed by atoms with Crippen molar-refractivity contribution in [2.24, 2.45) is 0 Å². The lowest BCUT2D eigenvalue weighted by atomic mass is 10.2. The smallest absolute Gasteiger partial charge is 0.171 e. The quantitative estimate of drug-likeness (QED) is 0.578. The Morgan fingerprint density at radius 2 is 2.00 bits per heavy atom. The molecule has 18 heavy (non-hydrogen) atoms. The number of hydrogen-bond acceptors (Lipinski definition) is 3. The van der Waals surface area contributed by atoms with E-state index in [9.17, 15) is 0 Å². The Kier molecular flexibility index (Phi) is 3.09. The van der Waals surface area contributed by atoms with Gasteiger partial charge in [0.25, 0.3) is 0 Å². The van der Waals surface area contributed by atoms with Gasteiger partial charge in [0.1, 0.15) is 5.15 Å². The summed E-state index contributed by atoms with van der Waals surface area (Å²) in [6.45, 7) is 2.06. The molecule has 0 spiro atoms. The van der Waals surface area contributed by atoms with Gasteiger partial charge in [-0.2, -0.15) is 0 Å². The van der Waals surface area contributed by atoms with E-state index in [0.717, 1.165) is 20.3 Å². The van der Waals surface area contributed by atoms with E-state index < -0.39 is 0 Å². The van der Waals surface area contributed by atoms with Crippen LogP contribution in [0.3, 0.4) is 0 Å². The van der Waals surface area contributed by atoms with E-state index in [1.54, 1.807) is 11.3 Å². The summed E-state index contributed by atoms with van der Waals surface area (Å²) in [6, 6.07) is 9.88. The van der Waals surface area contributed by atoms with Crippen molar-refractivity contribution in [3.05, 3.63) is 44.8 Å². The number of benzene rings is 1. The average Bonchev–Trinajstić information content (AvgIpc) is 2.77. The molecule has 0 saturated heterocycles. The maximum absolute atomic E-state index is 6.22. The second-order valence-corrected chi connectivity index (χ2v) is 6.38. The lowest BCUT2D eigenvalue weighted by molar-refractivity contribution is 1.24. The molecule has 0 unspecified atom stereocenters. The fourth-order valence-electron chi connectivity index (χ4n) is 1.74. The molecule has 3 aromatic rings. The molecule has 3 rings (SSSR count). The number of thiophene rings is 1. The molecule has 2 nitrogen and oxygen atoms in total. The van der Waals surface area contributed by atoms with Crippen molar-refractivity contribution in [3.63, 3.8) is 0 Å². The first-order valence-electron chi connectivity index (χ1n) is 5.34. The highest BCUT2D eigenvalue weighted by atomic mass is 79.9. The zero-order valence-corrected chi connectivity index (χ0v) is 12.6. The van der Waals surface area contributed by atoms with Gasteiger partial charge in [-0.15, -0.1) is 11.3 Å². The van der Waals surface area contributed by atoms with E-state index in [1.807, 2.05) is 24.3 Å². The minimum absolute atomic E-state index is 0.488. The summed E-state index contributed by atoms with van der Waals surface area (Å²) in [5.74, 6) is 0.678. The molecule has 0 radical (unpaired) electrons. The van der Waals surface area contributed by atoms with Crippen LogP contribution in [0.2, 0.25) is 5.15 Å². The van der Waals surface area contributed by atoms with Crippen LogP contribution < -0.4 is 0 Å². The molecule has 5 heteroatoms. The standard InChI is InChI=1S/C13H8BrClN2S/c1-7-5-6-10(18-7)13-16-11-8(12(15)17-13)3-2-4-9(11)14/h2-6H,1H3. The highest BCUT2D eigenvalue weighted by Gasteiger charge is 2.11. The van der Waals surface area contributed by atoms with Crippen molar-refractivity contribution < 1.29 is 0 Å². The summed E-state index contributed by atoms with van der Waals surface area (Å²) in [4.78, 5) is 11.2. The Hall–Kier alpha value is -0.970. The van der Waals surface area contributed by atoms with Gasteiger partial charge >= 0.3 is 0 Å². The summed E-state index contributed by atoms with van der Waals surface area (Å²) in [7, 11) is 0. The SMILES string of the molecule is Cc1ccc(-c2nc(Cl)c3cccc(Br)c3n2)s1. The molecule has 2 aromatic heterocycles. The Morgan fingerprint density at radius 3 is 2.72 bits per heavy atom. The number of aromatic nitrogens is 2. The van der Waals surface area contributed by atoms with Crippen molar-refractivity contribution in [2.45, 2.75) is 6.92 Å². The summed E-state index contributed by atoms with van der Waals surface area (Å²) in [5.41, 5.74) is 0.846. The third-order valence-corrected chi connectivity index (χ3v) is 4.52. The van der Waals surface area contributed by atoms with Gasteiger partial charge in [0.2, 0.25) is 0 Å². The predicted molar refractivity (Wildman–Crippen MR) is 80.3 cm³/mol. The molecule has 0 bridgehead atoms. The lowest BCUT2D eigenvalue weighted by Gasteiger charge is -2.04. The summed E-state index contributed by atoms with van der Waals surface area (Å²) < 4.78 is 0.929. The first kappa shape index (κ1) is 12.1. The van der Waals surface area contributed by atoms with Gasteiger partial charge < -0.3 is 0 Å². The van der Waals surface area contributed by atoms with E-state index in [-0.39, 0.29) is 0 Å². The molecule has 1 aromatic carbocycles. The van der Waals surface area contributed by atoms with Crippen molar-refractivity contribution >= 4 is 49.8 Å². The zero-order valence-electron chi connectivity index (χ0n) is 9.45. The highest BCUT2D eigenvalue weighted by Crippen LogP contribution is 2.31. The maximum atomic E-state index is 6.22. The number of nitrogens with zero attached hydrogens (tertiary/aromatic N) is 2. The molecule has 0 amide bonds. The molecule has 0 fully saturated rings. The number of para-hydroxylation sites is 1. The van der Waals surface area contributed by atoms with Gasteiger partial charge in [0, 0.05) is 14.7 Å². The first-order chi connectivity index (χ1) is 8.65. The molecular formula is C13H8BrClN2S. The maximum Gasteiger partial charge on any atom is 0.171 e. The molecule has 0 saturated carbocycles. The second-order valence-electron chi connectivity index (χ2n) is 3.88.